The van der Waals surface area contributed by atoms with Gasteiger partial charge in [0, 0.05) is 6.92 Å². The summed E-state index contributed by atoms with van der Waals surface area (Å²) in [7, 11) is 0. The Labute approximate surface area is 179 Å². The van der Waals surface area contributed by atoms with Gasteiger partial charge in [-0.25, -0.2) is 0 Å². The highest BCUT2D eigenvalue weighted by molar-refractivity contribution is 7.99. The van der Waals surface area contributed by atoms with Crippen LogP contribution in [0.2, 0.25) is 0 Å². The summed E-state index contributed by atoms with van der Waals surface area (Å²) in [5.74, 6) is 0.854. The van der Waals surface area contributed by atoms with Gasteiger partial charge in [-0.05, 0) is 90.6 Å². The molecule has 1 unspecified atom stereocenters. The minimum absolute atomic E-state index is 0.175. The zero-order valence-electron chi connectivity index (χ0n) is 19.7. The Kier molecular flexibility index (Phi) is 14.4. The maximum atomic E-state index is 11.5. The van der Waals surface area contributed by atoms with Gasteiger partial charge in [-0.2, -0.15) is 11.8 Å². The van der Waals surface area contributed by atoms with E-state index in [1.54, 1.807) is 0 Å². The van der Waals surface area contributed by atoms with Crippen LogP contribution in [-0.2, 0) is 9.53 Å². The predicted octanol–water partition coefficient (Wildman–Crippen LogP) is 8.04. The Morgan fingerprint density at radius 3 is 1.93 bits per heavy atom. The Bertz CT molecular complexity index is 539. The van der Waals surface area contributed by atoms with Crippen LogP contribution >= 0.6 is 11.8 Å². The SMILES string of the molecule is CC(=O)OC(C)(CCC=C(C)CCC=C(C)CCC=C(C)C)CCSC(C)C. The van der Waals surface area contributed by atoms with Crippen LogP contribution in [0.25, 0.3) is 0 Å². The van der Waals surface area contributed by atoms with Crippen molar-refractivity contribution in [1.82, 2.24) is 0 Å². The molecule has 0 N–H and O–H groups in total. The van der Waals surface area contributed by atoms with Gasteiger partial charge in [0.1, 0.15) is 5.60 Å². The first-order valence-electron chi connectivity index (χ1n) is 10.8. The number of hydrogen-bond donors (Lipinski definition) is 0. The molecule has 0 saturated carbocycles. The molecule has 0 rings (SSSR count). The minimum Gasteiger partial charge on any atom is -0.460 e. The number of rotatable bonds is 14. The molecule has 28 heavy (non-hydrogen) atoms. The topological polar surface area (TPSA) is 26.3 Å². The minimum atomic E-state index is -0.355. The lowest BCUT2D eigenvalue weighted by molar-refractivity contribution is -0.156. The van der Waals surface area contributed by atoms with E-state index in [9.17, 15) is 4.79 Å². The summed E-state index contributed by atoms with van der Waals surface area (Å²) in [4.78, 5) is 11.5. The second-order valence-corrected chi connectivity index (χ2v) is 10.4. The summed E-state index contributed by atoms with van der Waals surface area (Å²) in [5.41, 5.74) is 3.95. The van der Waals surface area contributed by atoms with E-state index in [2.05, 4.69) is 66.7 Å². The molecule has 3 heteroatoms. The molecular formula is C25H44O2S. The highest BCUT2D eigenvalue weighted by Gasteiger charge is 2.26. The molecule has 0 bridgehead atoms. The predicted molar refractivity (Wildman–Crippen MR) is 127 cm³/mol. The second kappa shape index (κ2) is 15.0. The van der Waals surface area contributed by atoms with E-state index in [1.165, 1.54) is 23.6 Å². The van der Waals surface area contributed by atoms with Crippen molar-refractivity contribution in [2.45, 2.75) is 111 Å². The van der Waals surface area contributed by atoms with E-state index >= 15 is 0 Å². The van der Waals surface area contributed by atoms with Crippen molar-refractivity contribution in [3.63, 3.8) is 0 Å². The highest BCUT2D eigenvalue weighted by atomic mass is 32.2. The van der Waals surface area contributed by atoms with Crippen molar-refractivity contribution in [3.8, 4) is 0 Å². The van der Waals surface area contributed by atoms with Crippen molar-refractivity contribution >= 4 is 17.7 Å². The standard InChI is InChI=1S/C25H44O2S/c1-20(2)12-9-13-22(5)14-10-15-23(6)16-11-17-25(8,27-24(7)26)18-19-28-21(3)4/h12,14,16,21H,9-11,13,15,17-19H2,1-8H3. The third-order valence-electron chi connectivity index (χ3n) is 4.76. The first-order valence-corrected chi connectivity index (χ1v) is 11.8. The molecule has 0 aliphatic carbocycles. The molecule has 1 atom stereocenters. The van der Waals surface area contributed by atoms with Crippen LogP contribution in [0.5, 0.6) is 0 Å². The van der Waals surface area contributed by atoms with Gasteiger partial charge in [-0.15, -0.1) is 0 Å². The van der Waals surface area contributed by atoms with Crippen LogP contribution < -0.4 is 0 Å². The van der Waals surface area contributed by atoms with E-state index in [1.807, 2.05) is 11.8 Å². The lowest BCUT2D eigenvalue weighted by Gasteiger charge is -2.29. The van der Waals surface area contributed by atoms with E-state index in [0.29, 0.717) is 5.25 Å². The maximum absolute atomic E-state index is 11.5. The summed E-state index contributed by atoms with van der Waals surface area (Å²) >= 11 is 1.93. The summed E-state index contributed by atoms with van der Waals surface area (Å²) in [6.07, 6.45) is 14.3. The van der Waals surface area contributed by atoms with Crippen LogP contribution in [0.1, 0.15) is 100 Å². The zero-order valence-corrected chi connectivity index (χ0v) is 20.5. The van der Waals surface area contributed by atoms with E-state index in [4.69, 9.17) is 4.74 Å². The Morgan fingerprint density at radius 2 is 1.43 bits per heavy atom. The second-order valence-electron chi connectivity index (χ2n) is 8.71. The van der Waals surface area contributed by atoms with Crippen molar-refractivity contribution in [3.05, 3.63) is 34.9 Å². The number of allylic oxidation sites excluding steroid dienone is 6. The average molecular weight is 409 g/mol. The van der Waals surface area contributed by atoms with Gasteiger partial charge in [0.05, 0.1) is 0 Å². The normalized spacial score (nSPS) is 14.8. The molecule has 0 fully saturated rings. The molecule has 0 heterocycles. The lowest BCUT2D eigenvalue weighted by atomic mass is 9.95. The molecule has 162 valence electrons. The van der Waals surface area contributed by atoms with Gasteiger partial charge in [0.15, 0.2) is 0 Å². The molecule has 0 aromatic rings. The molecule has 0 radical (unpaired) electrons. The van der Waals surface area contributed by atoms with Crippen LogP contribution in [0, 0.1) is 0 Å². The molecule has 2 nitrogen and oxygen atoms in total. The third kappa shape index (κ3) is 16.0. The lowest BCUT2D eigenvalue weighted by Crippen LogP contribution is -2.31. The highest BCUT2D eigenvalue weighted by Crippen LogP contribution is 2.26. The van der Waals surface area contributed by atoms with Gasteiger partial charge < -0.3 is 4.74 Å². The average Bonchev–Trinajstić information content (AvgIpc) is 2.53. The molecule has 0 aromatic heterocycles. The van der Waals surface area contributed by atoms with Crippen molar-refractivity contribution in [2.24, 2.45) is 0 Å². The van der Waals surface area contributed by atoms with Gasteiger partial charge in [0.2, 0.25) is 0 Å². The van der Waals surface area contributed by atoms with Crippen LogP contribution in [0.15, 0.2) is 34.9 Å². The number of hydrogen-bond acceptors (Lipinski definition) is 3. The fourth-order valence-corrected chi connectivity index (χ4v) is 4.07. The van der Waals surface area contributed by atoms with E-state index < -0.39 is 0 Å². The number of ether oxygens (including phenoxy) is 1. The molecule has 0 saturated heterocycles. The smallest absolute Gasteiger partial charge is 0.303 e. The van der Waals surface area contributed by atoms with Gasteiger partial charge in [-0.1, -0.05) is 48.8 Å². The summed E-state index contributed by atoms with van der Waals surface area (Å²) < 4.78 is 5.67. The zero-order chi connectivity index (χ0) is 21.6. The van der Waals surface area contributed by atoms with Gasteiger partial charge in [-0.3, -0.25) is 4.79 Å². The molecular weight excluding hydrogens is 364 g/mol. The number of thioether (sulfide) groups is 1. The summed E-state index contributed by atoms with van der Waals surface area (Å²) in [6, 6.07) is 0. The number of carbonyl (C=O) groups is 1. The number of carbonyl (C=O) groups excluding carboxylic acids is 1. The Balaban J connectivity index is 4.41. The van der Waals surface area contributed by atoms with Crippen LogP contribution in [-0.4, -0.2) is 22.6 Å². The summed E-state index contributed by atoms with van der Waals surface area (Å²) in [5, 5.41) is 0.613. The van der Waals surface area contributed by atoms with Crippen LogP contribution in [0.4, 0.5) is 0 Å². The van der Waals surface area contributed by atoms with Gasteiger partial charge >= 0.3 is 5.97 Å². The Morgan fingerprint density at radius 1 is 0.893 bits per heavy atom. The van der Waals surface area contributed by atoms with Crippen molar-refractivity contribution in [1.29, 1.82) is 0 Å². The largest absolute Gasteiger partial charge is 0.460 e. The maximum Gasteiger partial charge on any atom is 0.303 e. The molecule has 0 aliphatic heterocycles. The summed E-state index contributed by atoms with van der Waals surface area (Å²) in [6.45, 7) is 16.8. The molecule has 0 spiro atoms. The quantitative estimate of drug-likeness (QED) is 0.215. The van der Waals surface area contributed by atoms with Gasteiger partial charge in [0.25, 0.3) is 0 Å². The first-order chi connectivity index (χ1) is 13.0. The monoisotopic (exact) mass is 408 g/mol. The fraction of sp³-hybridized carbons (Fsp3) is 0.720. The third-order valence-corrected chi connectivity index (χ3v) is 5.87. The first kappa shape index (κ1) is 27.0. The van der Waals surface area contributed by atoms with Crippen LogP contribution in [0.3, 0.4) is 0 Å². The Hall–Kier alpha value is -0.960. The van der Waals surface area contributed by atoms with Crippen molar-refractivity contribution in [2.75, 3.05) is 5.75 Å². The fourth-order valence-electron chi connectivity index (χ4n) is 3.05. The van der Waals surface area contributed by atoms with Crippen molar-refractivity contribution < 1.29 is 9.53 Å². The van der Waals surface area contributed by atoms with E-state index in [0.717, 1.165) is 50.7 Å². The number of esters is 1. The molecule has 0 aromatic carbocycles. The molecule has 0 amide bonds. The van der Waals surface area contributed by atoms with E-state index in [-0.39, 0.29) is 11.6 Å². The molecule has 0 aliphatic rings.